The molecule has 4 rings (SSSR count). The van der Waals surface area contributed by atoms with E-state index >= 15 is 0 Å². The number of carbonyl (C=O) groups is 1. The first-order chi connectivity index (χ1) is 15.4. The van der Waals surface area contributed by atoms with E-state index in [1.165, 1.54) is 10.7 Å². The first-order valence-electron chi connectivity index (χ1n) is 10.5. The van der Waals surface area contributed by atoms with E-state index in [-0.39, 0.29) is 28.8 Å². The van der Waals surface area contributed by atoms with Crippen LogP contribution in [-0.4, -0.2) is 20.3 Å². The predicted molar refractivity (Wildman–Crippen MR) is 124 cm³/mol. The molecule has 0 saturated heterocycles. The molecule has 32 heavy (non-hydrogen) atoms. The van der Waals surface area contributed by atoms with Crippen LogP contribution in [0.3, 0.4) is 0 Å². The molecule has 0 fully saturated rings. The molecule has 0 bridgehead atoms. The molecule has 0 spiro atoms. The summed E-state index contributed by atoms with van der Waals surface area (Å²) < 4.78 is 2.98. The maximum atomic E-state index is 12.9. The lowest BCUT2D eigenvalue weighted by atomic mass is 10.1. The Morgan fingerprint density at radius 2 is 1.56 bits per heavy atom. The van der Waals surface area contributed by atoms with Crippen molar-refractivity contribution in [1.29, 1.82) is 0 Å². The zero-order valence-corrected chi connectivity index (χ0v) is 18.0. The van der Waals surface area contributed by atoms with Gasteiger partial charge in [0.05, 0.1) is 18.0 Å². The predicted octanol–water partition coefficient (Wildman–Crippen LogP) is 3.12. The fourth-order valence-electron chi connectivity index (χ4n) is 3.54. The smallest absolute Gasteiger partial charge is 0.274 e. The molecule has 7 heteroatoms. The van der Waals surface area contributed by atoms with Crippen LogP contribution >= 0.6 is 0 Å². The molecule has 0 aliphatic carbocycles. The number of fused-ring (bicyclic) bond motifs is 1. The van der Waals surface area contributed by atoms with E-state index < -0.39 is 0 Å². The van der Waals surface area contributed by atoms with Gasteiger partial charge in [-0.05, 0) is 37.1 Å². The highest BCUT2D eigenvalue weighted by molar-refractivity contribution is 6.04. The Hall–Kier alpha value is -4.00. The number of aromatic nitrogens is 3. The lowest BCUT2D eigenvalue weighted by Crippen LogP contribution is -2.31. The zero-order valence-electron chi connectivity index (χ0n) is 18.0. The van der Waals surface area contributed by atoms with Crippen LogP contribution in [0, 0.1) is 0 Å². The minimum Gasteiger partial charge on any atom is -0.347 e. The van der Waals surface area contributed by atoms with Gasteiger partial charge in [-0.25, -0.2) is 4.68 Å². The molecule has 2 aromatic carbocycles. The van der Waals surface area contributed by atoms with Gasteiger partial charge in [-0.1, -0.05) is 48.5 Å². The summed E-state index contributed by atoms with van der Waals surface area (Å²) in [5.41, 5.74) is 1.88. The molecule has 0 radical (unpaired) electrons. The molecule has 0 unspecified atom stereocenters. The first kappa shape index (κ1) is 21.2. The second-order valence-electron chi connectivity index (χ2n) is 7.90. The summed E-state index contributed by atoms with van der Waals surface area (Å²) in [6.45, 7) is 4.52. The average molecular weight is 428 g/mol. The Bertz CT molecular complexity index is 1380. The van der Waals surface area contributed by atoms with Crippen molar-refractivity contribution in [2.24, 2.45) is 0 Å². The molecule has 0 aliphatic rings. The van der Waals surface area contributed by atoms with Gasteiger partial charge in [0, 0.05) is 24.2 Å². The molecule has 0 aliphatic heterocycles. The van der Waals surface area contributed by atoms with Crippen LogP contribution in [0.25, 0.3) is 10.8 Å². The minimum absolute atomic E-state index is 0.0497. The lowest BCUT2D eigenvalue weighted by molar-refractivity contribution is 0.0945. The SMILES string of the molecule is CC(C)n1nc(C(=O)NCc2ccc(Cn3ccccc3=O)cc2)c2ccccc2c1=O. The van der Waals surface area contributed by atoms with Crippen molar-refractivity contribution in [3.63, 3.8) is 0 Å². The Morgan fingerprint density at radius 1 is 0.906 bits per heavy atom. The Labute approximate surface area is 184 Å². The molecule has 1 amide bonds. The number of benzene rings is 2. The summed E-state index contributed by atoms with van der Waals surface area (Å²) >= 11 is 0. The van der Waals surface area contributed by atoms with Crippen molar-refractivity contribution in [1.82, 2.24) is 19.7 Å². The molecule has 0 saturated carbocycles. The number of nitrogens with one attached hydrogen (secondary N) is 1. The van der Waals surface area contributed by atoms with Crippen LogP contribution in [0.1, 0.15) is 41.5 Å². The van der Waals surface area contributed by atoms with Gasteiger partial charge < -0.3 is 9.88 Å². The van der Waals surface area contributed by atoms with Crippen molar-refractivity contribution in [3.8, 4) is 0 Å². The Morgan fingerprint density at radius 3 is 2.25 bits per heavy atom. The van der Waals surface area contributed by atoms with Gasteiger partial charge in [0.2, 0.25) is 0 Å². The van der Waals surface area contributed by atoms with Gasteiger partial charge in [-0.15, -0.1) is 0 Å². The molecule has 0 atom stereocenters. The molecular weight excluding hydrogens is 404 g/mol. The first-order valence-corrected chi connectivity index (χ1v) is 10.5. The third kappa shape index (κ3) is 4.37. The molecule has 7 nitrogen and oxygen atoms in total. The number of hydrogen-bond acceptors (Lipinski definition) is 4. The summed E-state index contributed by atoms with van der Waals surface area (Å²) in [5.74, 6) is -0.337. The third-order valence-corrected chi connectivity index (χ3v) is 5.26. The van der Waals surface area contributed by atoms with Gasteiger partial charge in [-0.3, -0.25) is 14.4 Å². The second-order valence-corrected chi connectivity index (χ2v) is 7.90. The monoisotopic (exact) mass is 428 g/mol. The fraction of sp³-hybridized carbons (Fsp3) is 0.200. The summed E-state index contributed by atoms with van der Waals surface area (Å²) in [6, 6.07) is 19.6. The van der Waals surface area contributed by atoms with Gasteiger partial charge in [0.1, 0.15) is 0 Å². The van der Waals surface area contributed by atoms with Crippen molar-refractivity contribution >= 4 is 16.7 Å². The Kier molecular flexibility index (Phi) is 5.98. The maximum absolute atomic E-state index is 12.9. The highest BCUT2D eigenvalue weighted by atomic mass is 16.2. The average Bonchev–Trinajstić information content (AvgIpc) is 2.80. The molecular formula is C25H24N4O3. The normalized spacial score (nSPS) is 11.1. The van der Waals surface area contributed by atoms with Crippen molar-refractivity contribution in [2.75, 3.05) is 0 Å². The van der Waals surface area contributed by atoms with Gasteiger partial charge in [0.25, 0.3) is 17.0 Å². The van der Waals surface area contributed by atoms with E-state index in [1.807, 2.05) is 44.2 Å². The molecule has 1 N–H and O–H groups in total. The number of hydrogen-bond donors (Lipinski definition) is 1. The largest absolute Gasteiger partial charge is 0.347 e. The van der Waals surface area contributed by atoms with Crippen LogP contribution in [0.2, 0.25) is 0 Å². The fourth-order valence-corrected chi connectivity index (χ4v) is 3.54. The van der Waals surface area contributed by atoms with E-state index in [4.69, 9.17) is 0 Å². The Balaban J connectivity index is 1.51. The van der Waals surface area contributed by atoms with E-state index in [0.717, 1.165) is 11.1 Å². The van der Waals surface area contributed by atoms with Crippen molar-refractivity contribution in [3.05, 3.63) is 110 Å². The van der Waals surface area contributed by atoms with E-state index in [2.05, 4.69) is 10.4 Å². The number of pyridine rings is 1. The van der Waals surface area contributed by atoms with Gasteiger partial charge >= 0.3 is 0 Å². The standard InChI is InChI=1S/C25H24N4O3/c1-17(2)29-25(32)21-8-4-3-7-20(21)23(27-29)24(31)26-15-18-10-12-19(13-11-18)16-28-14-6-5-9-22(28)30/h3-14,17H,15-16H2,1-2H3,(H,26,31). The number of nitrogens with zero attached hydrogens (tertiary/aromatic N) is 3. The third-order valence-electron chi connectivity index (χ3n) is 5.26. The molecule has 2 heterocycles. The van der Waals surface area contributed by atoms with E-state index in [1.54, 1.807) is 41.1 Å². The van der Waals surface area contributed by atoms with Gasteiger partial charge in [0.15, 0.2) is 5.69 Å². The van der Waals surface area contributed by atoms with Crippen LogP contribution in [0.5, 0.6) is 0 Å². The second kappa shape index (κ2) is 9.01. The van der Waals surface area contributed by atoms with E-state index in [9.17, 15) is 14.4 Å². The van der Waals surface area contributed by atoms with Crippen LogP contribution in [-0.2, 0) is 13.1 Å². The van der Waals surface area contributed by atoms with Crippen LogP contribution < -0.4 is 16.4 Å². The maximum Gasteiger partial charge on any atom is 0.274 e. The van der Waals surface area contributed by atoms with Crippen molar-refractivity contribution in [2.45, 2.75) is 33.0 Å². The minimum atomic E-state index is -0.337. The summed E-state index contributed by atoms with van der Waals surface area (Å²) in [5, 5.41) is 8.25. The lowest BCUT2D eigenvalue weighted by Gasteiger charge is -2.13. The number of carbonyl (C=O) groups excluding carboxylic acids is 1. The quantitative estimate of drug-likeness (QED) is 0.511. The topological polar surface area (TPSA) is 86.0 Å². The van der Waals surface area contributed by atoms with Crippen LogP contribution in [0.15, 0.2) is 82.5 Å². The highest BCUT2D eigenvalue weighted by Gasteiger charge is 2.17. The number of rotatable bonds is 6. The molecule has 2 aromatic heterocycles. The molecule has 4 aromatic rings. The van der Waals surface area contributed by atoms with Gasteiger partial charge in [-0.2, -0.15) is 5.10 Å². The van der Waals surface area contributed by atoms with E-state index in [0.29, 0.717) is 23.9 Å². The molecule has 162 valence electrons. The summed E-state index contributed by atoms with van der Waals surface area (Å²) in [6.07, 6.45) is 1.75. The summed E-state index contributed by atoms with van der Waals surface area (Å²) in [7, 11) is 0. The van der Waals surface area contributed by atoms with Crippen molar-refractivity contribution < 1.29 is 4.79 Å². The number of amides is 1. The van der Waals surface area contributed by atoms with Crippen LogP contribution in [0.4, 0.5) is 0 Å². The summed E-state index contributed by atoms with van der Waals surface area (Å²) in [4.78, 5) is 37.5. The zero-order chi connectivity index (χ0) is 22.7. The highest BCUT2D eigenvalue weighted by Crippen LogP contribution is 2.15.